The number of aromatic nitrogens is 2. The van der Waals surface area contributed by atoms with Crippen molar-refractivity contribution in [3.63, 3.8) is 0 Å². The number of aromatic amines is 1. The maximum absolute atomic E-state index is 12.6. The van der Waals surface area contributed by atoms with E-state index in [1.54, 1.807) is 18.9 Å². The summed E-state index contributed by atoms with van der Waals surface area (Å²) in [5, 5.41) is 2.63. The van der Waals surface area contributed by atoms with Crippen LogP contribution in [0.4, 0.5) is 19.1 Å². The van der Waals surface area contributed by atoms with Crippen LogP contribution >= 0.6 is 0 Å². The molecule has 0 saturated heterocycles. The highest BCUT2D eigenvalue weighted by atomic mass is 19.4. The molecule has 0 radical (unpaired) electrons. The summed E-state index contributed by atoms with van der Waals surface area (Å²) in [6.07, 6.45) is -4.41. The third kappa shape index (κ3) is 4.62. The van der Waals surface area contributed by atoms with Crippen molar-refractivity contribution in [3.8, 4) is 0 Å². The van der Waals surface area contributed by atoms with Gasteiger partial charge in [-0.3, -0.25) is 14.6 Å². The molecular weight excluding hydrogens is 349 g/mol. The van der Waals surface area contributed by atoms with E-state index in [0.29, 0.717) is 12.1 Å². The number of hydrogen-bond donors (Lipinski definition) is 2. The molecule has 0 aliphatic rings. The van der Waals surface area contributed by atoms with Crippen LogP contribution in [0.1, 0.15) is 41.5 Å². The van der Waals surface area contributed by atoms with Crippen LogP contribution in [0.25, 0.3) is 0 Å². The monoisotopic (exact) mass is 368 g/mol. The second-order valence-electron chi connectivity index (χ2n) is 5.78. The van der Waals surface area contributed by atoms with Gasteiger partial charge in [0.1, 0.15) is 5.69 Å². The molecule has 26 heavy (non-hydrogen) atoms. The number of carbonyl (C=O) groups excluding carboxylic acids is 1. The van der Waals surface area contributed by atoms with Crippen LogP contribution in [0.15, 0.2) is 35.1 Å². The minimum absolute atomic E-state index is 0.0668. The zero-order valence-corrected chi connectivity index (χ0v) is 14.5. The van der Waals surface area contributed by atoms with Gasteiger partial charge in [0.25, 0.3) is 11.5 Å². The molecule has 2 N–H and O–H groups in total. The second-order valence-corrected chi connectivity index (χ2v) is 5.78. The van der Waals surface area contributed by atoms with E-state index in [1.165, 1.54) is 12.1 Å². The van der Waals surface area contributed by atoms with Gasteiger partial charge in [-0.1, -0.05) is 12.1 Å². The van der Waals surface area contributed by atoms with Crippen molar-refractivity contribution in [1.29, 1.82) is 0 Å². The van der Waals surface area contributed by atoms with E-state index in [2.05, 4.69) is 15.3 Å². The maximum Gasteiger partial charge on any atom is 0.416 e. The van der Waals surface area contributed by atoms with E-state index < -0.39 is 29.2 Å². The number of nitrogens with zero attached hydrogens (tertiary/aromatic N) is 2. The third-order valence-corrected chi connectivity index (χ3v) is 3.88. The van der Waals surface area contributed by atoms with Crippen LogP contribution in [0, 0.1) is 0 Å². The van der Waals surface area contributed by atoms with Gasteiger partial charge < -0.3 is 10.2 Å². The molecule has 1 aromatic carbocycles. The number of rotatable bonds is 5. The van der Waals surface area contributed by atoms with Crippen LogP contribution in [0.2, 0.25) is 0 Å². The fourth-order valence-electron chi connectivity index (χ4n) is 2.21. The Balaban J connectivity index is 2.16. The van der Waals surface area contributed by atoms with Gasteiger partial charge in [0.05, 0.1) is 11.6 Å². The zero-order valence-electron chi connectivity index (χ0n) is 14.5. The van der Waals surface area contributed by atoms with Crippen molar-refractivity contribution in [2.24, 2.45) is 0 Å². The molecular formula is C17H19F3N4O2. The molecule has 2 aromatic rings. The molecule has 0 bridgehead atoms. The van der Waals surface area contributed by atoms with Gasteiger partial charge in [-0.15, -0.1) is 0 Å². The second kappa shape index (κ2) is 7.59. The number of H-pyrrole nitrogens is 1. The fourth-order valence-corrected chi connectivity index (χ4v) is 2.21. The largest absolute Gasteiger partial charge is 0.416 e. The van der Waals surface area contributed by atoms with Gasteiger partial charge in [0.2, 0.25) is 5.95 Å². The van der Waals surface area contributed by atoms with E-state index in [-0.39, 0.29) is 11.6 Å². The molecule has 0 spiro atoms. The number of nitrogens with one attached hydrogen (secondary N) is 2. The summed E-state index contributed by atoms with van der Waals surface area (Å²) in [4.78, 5) is 32.4. The average Bonchev–Trinajstić information content (AvgIpc) is 2.59. The normalized spacial score (nSPS) is 12.5. The summed E-state index contributed by atoms with van der Waals surface area (Å²) in [6, 6.07) is 5.03. The number of benzene rings is 1. The minimum atomic E-state index is -4.41. The van der Waals surface area contributed by atoms with Crippen molar-refractivity contribution in [1.82, 2.24) is 15.3 Å². The van der Waals surface area contributed by atoms with Crippen molar-refractivity contribution in [2.45, 2.75) is 26.1 Å². The first-order valence-electron chi connectivity index (χ1n) is 7.92. The van der Waals surface area contributed by atoms with Crippen molar-refractivity contribution < 1.29 is 18.0 Å². The summed E-state index contributed by atoms with van der Waals surface area (Å²) in [6.45, 7) is 4.07. The van der Waals surface area contributed by atoms with Gasteiger partial charge in [-0.25, -0.2) is 4.98 Å². The number of amides is 1. The van der Waals surface area contributed by atoms with E-state index in [4.69, 9.17) is 0 Å². The van der Waals surface area contributed by atoms with E-state index in [1.807, 2.05) is 6.92 Å². The highest BCUT2D eigenvalue weighted by molar-refractivity contribution is 5.92. The predicted octanol–water partition coefficient (Wildman–Crippen LogP) is 2.74. The van der Waals surface area contributed by atoms with Crippen molar-refractivity contribution in [2.75, 3.05) is 18.5 Å². The Hall–Kier alpha value is -2.84. The summed E-state index contributed by atoms with van der Waals surface area (Å²) in [7, 11) is 1.71. The first kappa shape index (κ1) is 19.5. The lowest BCUT2D eigenvalue weighted by Crippen LogP contribution is -2.30. The number of anilines is 1. The number of halogens is 3. The van der Waals surface area contributed by atoms with Crippen molar-refractivity contribution >= 4 is 11.9 Å². The molecule has 1 aromatic heterocycles. The minimum Gasteiger partial charge on any atom is -0.346 e. The number of hydrogen-bond acceptors (Lipinski definition) is 4. The standard InChI is InChI=1S/C17H19F3N4O2/c1-4-24(3)16-22-13(9-14(25)23-16)15(26)21-10(2)11-5-7-12(8-6-11)17(18,19)20/h5-10H,4H2,1-3H3,(H,21,26)(H,22,23,25)/t10-/m1/s1. The summed E-state index contributed by atoms with van der Waals surface area (Å²) < 4.78 is 37.8. The van der Waals surface area contributed by atoms with Gasteiger partial charge >= 0.3 is 6.18 Å². The van der Waals surface area contributed by atoms with Crippen LogP contribution in [-0.2, 0) is 6.18 Å². The summed E-state index contributed by atoms with van der Waals surface area (Å²) in [5.41, 5.74) is -0.796. The molecule has 0 unspecified atom stereocenters. The quantitative estimate of drug-likeness (QED) is 0.851. The highest BCUT2D eigenvalue weighted by Crippen LogP contribution is 2.29. The zero-order chi connectivity index (χ0) is 19.5. The smallest absolute Gasteiger partial charge is 0.346 e. The molecule has 0 aliphatic carbocycles. The first-order chi connectivity index (χ1) is 12.1. The Kier molecular flexibility index (Phi) is 5.69. The van der Waals surface area contributed by atoms with Gasteiger partial charge in [-0.2, -0.15) is 13.2 Å². The highest BCUT2D eigenvalue weighted by Gasteiger charge is 2.30. The number of alkyl halides is 3. The average molecular weight is 368 g/mol. The summed E-state index contributed by atoms with van der Waals surface area (Å²) in [5.74, 6) is -0.332. The lowest BCUT2D eigenvalue weighted by molar-refractivity contribution is -0.137. The van der Waals surface area contributed by atoms with E-state index >= 15 is 0 Å². The molecule has 9 heteroatoms. The first-order valence-corrected chi connectivity index (χ1v) is 7.92. The van der Waals surface area contributed by atoms with Crippen LogP contribution in [-0.4, -0.2) is 29.5 Å². The molecule has 140 valence electrons. The Morgan fingerprint density at radius 2 is 1.92 bits per heavy atom. The molecule has 6 nitrogen and oxygen atoms in total. The Bertz CT molecular complexity index is 831. The van der Waals surface area contributed by atoms with E-state index in [0.717, 1.165) is 18.2 Å². The van der Waals surface area contributed by atoms with Crippen molar-refractivity contribution in [3.05, 3.63) is 57.5 Å². The van der Waals surface area contributed by atoms with Gasteiger partial charge in [-0.05, 0) is 31.5 Å². The molecule has 2 rings (SSSR count). The van der Waals surface area contributed by atoms with Crippen LogP contribution in [0.3, 0.4) is 0 Å². The molecule has 0 saturated carbocycles. The molecule has 1 heterocycles. The Morgan fingerprint density at radius 3 is 2.46 bits per heavy atom. The van der Waals surface area contributed by atoms with Crippen LogP contribution < -0.4 is 15.8 Å². The van der Waals surface area contributed by atoms with Crippen LogP contribution in [0.5, 0.6) is 0 Å². The predicted molar refractivity (Wildman–Crippen MR) is 91.1 cm³/mol. The lowest BCUT2D eigenvalue weighted by atomic mass is 10.1. The lowest BCUT2D eigenvalue weighted by Gasteiger charge is -2.17. The molecule has 0 fully saturated rings. The third-order valence-electron chi connectivity index (χ3n) is 3.88. The van der Waals surface area contributed by atoms with Gasteiger partial charge in [0.15, 0.2) is 0 Å². The molecule has 0 aliphatic heterocycles. The Morgan fingerprint density at radius 1 is 1.31 bits per heavy atom. The fraction of sp³-hybridized carbons (Fsp3) is 0.353. The maximum atomic E-state index is 12.6. The SMILES string of the molecule is CCN(C)c1nc(C(=O)N[C@H](C)c2ccc(C(F)(F)F)cc2)cc(=O)[nH]1. The molecule has 1 atom stereocenters. The Labute approximate surface area is 148 Å². The topological polar surface area (TPSA) is 78.1 Å². The number of carbonyl (C=O) groups is 1. The molecule has 1 amide bonds. The summed E-state index contributed by atoms with van der Waals surface area (Å²) >= 11 is 0. The van der Waals surface area contributed by atoms with Gasteiger partial charge in [0, 0.05) is 19.7 Å². The van der Waals surface area contributed by atoms with E-state index in [9.17, 15) is 22.8 Å².